The summed E-state index contributed by atoms with van der Waals surface area (Å²) in [7, 11) is 0. The van der Waals surface area contributed by atoms with Crippen LogP contribution in [0.3, 0.4) is 0 Å². The summed E-state index contributed by atoms with van der Waals surface area (Å²) in [5, 5.41) is 6.83. The molecule has 0 aliphatic carbocycles. The SMILES string of the molecule is C1=CNC(N2CCCCC2)=CC(Nc2cccc3c2OCO3)=C1. The smallest absolute Gasteiger partial charge is 0.231 e. The molecule has 5 nitrogen and oxygen atoms in total. The summed E-state index contributed by atoms with van der Waals surface area (Å²) in [4.78, 5) is 2.41. The van der Waals surface area contributed by atoms with Crippen molar-refractivity contribution in [3.8, 4) is 11.5 Å². The number of ether oxygens (including phenoxy) is 2. The maximum atomic E-state index is 5.57. The predicted octanol–water partition coefficient (Wildman–Crippen LogP) is 3.16. The van der Waals surface area contributed by atoms with Gasteiger partial charge in [-0.05, 0) is 43.5 Å². The van der Waals surface area contributed by atoms with Gasteiger partial charge in [0.05, 0.1) is 5.69 Å². The maximum absolute atomic E-state index is 5.57. The number of fused-ring (bicyclic) bond motifs is 1. The summed E-state index contributed by atoms with van der Waals surface area (Å²) in [6.07, 6.45) is 12.0. The average Bonchev–Trinajstić information content (AvgIpc) is 2.96. The van der Waals surface area contributed by atoms with Gasteiger partial charge < -0.3 is 25.0 Å². The number of hydrogen-bond donors (Lipinski definition) is 2. The van der Waals surface area contributed by atoms with Crippen molar-refractivity contribution in [3.05, 3.63) is 54.1 Å². The minimum absolute atomic E-state index is 0.281. The molecule has 3 aliphatic heterocycles. The molecule has 0 unspecified atom stereocenters. The van der Waals surface area contributed by atoms with E-state index in [2.05, 4.69) is 27.7 Å². The lowest BCUT2D eigenvalue weighted by Crippen LogP contribution is -2.34. The summed E-state index contributed by atoms with van der Waals surface area (Å²) in [6.45, 7) is 2.50. The normalized spacial score (nSPS) is 19.6. The van der Waals surface area contributed by atoms with Gasteiger partial charge >= 0.3 is 0 Å². The third kappa shape index (κ3) is 2.99. The van der Waals surface area contributed by atoms with E-state index < -0.39 is 0 Å². The fourth-order valence-corrected chi connectivity index (χ4v) is 3.10. The van der Waals surface area contributed by atoms with Gasteiger partial charge in [0.2, 0.25) is 6.79 Å². The number of piperidine rings is 1. The third-order valence-electron chi connectivity index (χ3n) is 4.27. The van der Waals surface area contributed by atoms with Gasteiger partial charge in [-0.2, -0.15) is 0 Å². The lowest BCUT2D eigenvalue weighted by Gasteiger charge is -2.30. The Morgan fingerprint density at radius 1 is 1.09 bits per heavy atom. The highest BCUT2D eigenvalue weighted by Gasteiger charge is 2.18. The van der Waals surface area contributed by atoms with Gasteiger partial charge in [-0.1, -0.05) is 6.07 Å². The van der Waals surface area contributed by atoms with Crippen LogP contribution in [-0.2, 0) is 0 Å². The topological polar surface area (TPSA) is 45.8 Å². The number of nitrogens with one attached hydrogen (secondary N) is 2. The number of nitrogens with zero attached hydrogens (tertiary/aromatic N) is 1. The molecule has 0 atom stereocenters. The van der Waals surface area contributed by atoms with Crippen molar-refractivity contribution < 1.29 is 9.47 Å². The molecule has 1 aromatic rings. The monoisotopic (exact) mass is 311 g/mol. The fraction of sp³-hybridized carbons (Fsp3) is 0.333. The van der Waals surface area contributed by atoms with E-state index in [1.165, 1.54) is 19.3 Å². The van der Waals surface area contributed by atoms with E-state index in [1.54, 1.807) is 0 Å². The molecule has 0 bridgehead atoms. The van der Waals surface area contributed by atoms with Gasteiger partial charge in [0.25, 0.3) is 0 Å². The van der Waals surface area contributed by atoms with Crippen LogP contribution in [0.4, 0.5) is 5.69 Å². The van der Waals surface area contributed by atoms with Gasteiger partial charge in [-0.25, -0.2) is 0 Å². The molecule has 1 saturated heterocycles. The van der Waals surface area contributed by atoms with Gasteiger partial charge in [-0.15, -0.1) is 0 Å². The van der Waals surface area contributed by atoms with Crippen LogP contribution in [0.25, 0.3) is 0 Å². The maximum Gasteiger partial charge on any atom is 0.231 e. The Labute approximate surface area is 136 Å². The lowest BCUT2D eigenvalue weighted by atomic mass is 10.1. The third-order valence-corrected chi connectivity index (χ3v) is 4.27. The van der Waals surface area contributed by atoms with Crippen LogP contribution in [0.15, 0.2) is 54.1 Å². The van der Waals surface area contributed by atoms with E-state index in [9.17, 15) is 0 Å². The van der Waals surface area contributed by atoms with Crippen LogP contribution in [0, 0.1) is 0 Å². The highest BCUT2D eigenvalue weighted by Crippen LogP contribution is 2.39. The Balaban J connectivity index is 1.57. The van der Waals surface area contributed by atoms with Crippen LogP contribution in [-0.4, -0.2) is 24.8 Å². The van der Waals surface area contributed by atoms with Crippen molar-refractivity contribution >= 4 is 5.69 Å². The number of likely N-dealkylation sites (tertiary alicyclic amines) is 1. The van der Waals surface area contributed by atoms with Gasteiger partial charge in [-0.3, -0.25) is 0 Å². The quantitative estimate of drug-likeness (QED) is 0.898. The number of para-hydroxylation sites is 1. The van der Waals surface area contributed by atoms with Gasteiger partial charge in [0, 0.05) is 31.1 Å². The lowest BCUT2D eigenvalue weighted by molar-refractivity contribution is 0.174. The van der Waals surface area contributed by atoms with Crippen LogP contribution in [0.5, 0.6) is 11.5 Å². The number of rotatable bonds is 3. The highest BCUT2D eigenvalue weighted by molar-refractivity contribution is 5.67. The molecule has 0 spiro atoms. The van der Waals surface area contributed by atoms with E-state index in [-0.39, 0.29) is 6.79 Å². The first kappa shape index (κ1) is 14.1. The summed E-state index contributed by atoms with van der Waals surface area (Å²) < 4.78 is 11.0. The molecule has 1 fully saturated rings. The van der Waals surface area contributed by atoms with E-state index in [0.29, 0.717) is 0 Å². The second-order valence-corrected chi connectivity index (χ2v) is 5.87. The molecule has 2 N–H and O–H groups in total. The van der Waals surface area contributed by atoms with Crippen LogP contribution >= 0.6 is 0 Å². The summed E-state index contributed by atoms with van der Waals surface area (Å²) in [6, 6.07) is 5.90. The zero-order chi connectivity index (χ0) is 15.5. The second kappa shape index (κ2) is 6.28. The second-order valence-electron chi connectivity index (χ2n) is 5.87. The molecule has 0 aromatic heterocycles. The standard InChI is InChI=1S/C18H21N3O2/c1-2-10-21(11-3-1)17-12-14(6-5-9-19-17)20-15-7-4-8-16-18(15)23-13-22-16/h4-9,12,19-20H,1-3,10-11,13H2. The zero-order valence-electron chi connectivity index (χ0n) is 13.0. The summed E-state index contributed by atoms with van der Waals surface area (Å²) in [5.74, 6) is 2.71. The molecule has 0 radical (unpaired) electrons. The van der Waals surface area contributed by atoms with Crippen molar-refractivity contribution in [3.63, 3.8) is 0 Å². The number of allylic oxidation sites excluding steroid dienone is 3. The van der Waals surface area contributed by atoms with E-state index in [4.69, 9.17) is 9.47 Å². The van der Waals surface area contributed by atoms with Crippen LogP contribution in [0.1, 0.15) is 19.3 Å². The first-order chi connectivity index (χ1) is 11.4. The number of hydrogen-bond acceptors (Lipinski definition) is 5. The molecule has 1 aromatic carbocycles. The Morgan fingerprint density at radius 2 is 2.00 bits per heavy atom. The minimum atomic E-state index is 0.281. The first-order valence-electron chi connectivity index (χ1n) is 8.16. The van der Waals surface area contributed by atoms with Crippen LogP contribution in [0.2, 0.25) is 0 Å². The zero-order valence-corrected chi connectivity index (χ0v) is 13.0. The van der Waals surface area contributed by atoms with Crippen molar-refractivity contribution in [2.45, 2.75) is 19.3 Å². The molecule has 3 heterocycles. The molecule has 4 rings (SSSR count). The van der Waals surface area contributed by atoms with E-state index in [1.807, 2.05) is 30.5 Å². The average molecular weight is 311 g/mol. The molecular formula is C18H21N3O2. The molecule has 3 aliphatic rings. The van der Waals surface area contributed by atoms with Crippen molar-refractivity contribution in [1.29, 1.82) is 0 Å². The van der Waals surface area contributed by atoms with E-state index >= 15 is 0 Å². The number of benzene rings is 1. The Morgan fingerprint density at radius 3 is 2.91 bits per heavy atom. The first-order valence-corrected chi connectivity index (χ1v) is 8.16. The Kier molecular flexibility index (Phi) is 3.84. The van der Waals surface area contributed by atoms with Crippen molar-refractivity contribution in [2.24, 2.45) is 0 Å². The fourth-order valence-electron chi connectivity index (χ4n) is 3.10. The number of anilines is 1. The summed E-state index contributed by atoms with van der Waals surface area (Å²) in [5.41, 5.74) is 1.95. The molecule has 0 saturated carbocycles. The van der Waals surface area contributed by atoms with Gasteiger partial charge in [0.1, 0.15) is 5.82 Å². The molecule has 23 heavy (non-hydrogen) atoms. The van der Waals surface area contributed by atoms with Gasteiger partial charge in [0.15, 0.2) is 11.5 Å². The minimum Gasteiger partial charge on any atom is -0.454 e. The molecule has 120 valence electrons. The van der Waals surface area contributed by atoms with Crippen LogP contribution < -0.4 is 20.1 Å². The summed E-state index contributed by atoms with van der Waals surface area (Å²) >= 11 is 0. The van der Waals surface area contributed by atoms with Crippen molar-refractivity contribution in [2.75, 3.05) is 25.2 Å². The van der Waals surface area contributed by atoms with Crippen molar-refractivity contribution in [1.82, 2.24) is 10.2 Å². The highest BCUT2D eigenvalue weighted by atomic mass is 16.7. The Hall–Kier alpha value is -2.56. The molecule has 5 heteroatoms. The molecule has 0 amide bonds. The molecular weight excluding hydrogens is 290 g/mol. The van der Waals surface area contributed by atoms with E-state index in [0.717, 1.165) is 41.8 Å². The Bertz CT molecular complexity index is 673. The predicted molar refractivity (Wildman–Crippen MR) is 90.1 cm³/mol. The largest absolute Gasteiger partial charge is 0.454 e.